The minimum atomic E-state index is -4.26. The van der Waals surface area contributed by atoms with Gasteiger partial charge in [-0.05, 0) is 35.2 Å². The lowest BCUT2D eigenvalue weighted by Gasteiger charge is -2.21. The van der Waals surface area contributed by atoms with Crippen molar-refractivity contribution in [1.82, 2.24) is 4.72 Å². The molecule has 0 atom stereocenters. The van der Waals surface area contributed by atoms with Crippen LogP contribution in [0, 0.1) is 5.82 Å². The summed E-state index contributed by atoms with van der Waals surface area (Å²) in [7, 11) is -4.26. The average Bonchev–Trinajstić information content (AvgIpc) is 3.04. The Bertz CT molecular complexity index is 1320. The van der Waals surface area contributed by atoms with Crippen molar-refractivity contribution in [2.75, 3.05) is 21.5 Å². The van der Waals surface area contributed by atoms with E-state index in [1.54, 1.807) is 6.07 Å². The first-order valence-electron chi connectivity index (χ1n) is 9.40. The second kappa shape index (κ2) is 8.75. The second-order valence-electron chi connectivity index (χ2n) is 6.97. The summed E-state index contributed by atoms with van der Waals surface area (Å²) in [6, 6.07) is 15.0. The molecule has 166 valence electrons. The summed E-state index contributed by atoms with van der Waals surface area (Å²) < 4.78 is 48.8. The van der Waals surface area contributed by atoms with E-state index >= 15 is 4.39 Å². The van der Waals surface area contributed by atoms with Crippen LogP contribution in [0.4, 0.5) is 15.8 Å². The van der Waals surface area contributed by atoms with Crippen molar-refractivity contribution in [2.45, 2.75) is 6.61 Å². The van der Waals surface area contributed by atoms with E-state index in [9.17, 15) is 18.0 Å². The number of hydrogen-bond donors (Lipinski definition) is 2. The molecule has 4 rings (SSSR count). The number of ether oxygens (including phenoxy) is 1. The van der Waals surface area contributed by atoms with Gasteiger partial charge in [0.1, 0.15) is 24.6 Å². The summed E-state index contributed by atoms with van der Waals surface area (Å²) in [5, 5.41) is 3.25. The Morgan fingerprint density at radius 1 is 1.19 bits per heavy atom. The maximum absolute atomic E-state index is 15.6. The van der Waals surface area contributed by atoms with Crippen LogP contribution in [0.2, 0.25) is 0 Å². The predicted octanol–water partition coefficient (Wildman–Crippen LogP) is 3.07. The summed E-state index contributed by atoms with van der Waals surface area (Å²) in [5.41, 5.74) is 0.869. The van der Waals surface area contributed by atoms with E-state index < -0.39 is 28.5 Å². The number of rotatable bonds is 6. The fraction of sp³-hybridized carbons (Fsp3) is 0.143. The molecule has 11 heteroatoms. The maximum atomic E-state index is 15.6. The maximum Gasteiger partial charge on any atom is 0.326 e. The average molecular weight is 522 g/mol. The number of amides is 2. The van der Waals surface area contributed by atoms with Gasteiger partial charge in [-0.1, -0.05) is 46.3 Å². The first kappa shape index (κ1) is 22.0. The van der Waals surface area contributed by atoms with Gasteiger partial charge in [0.15, 0.2) is 5.82 Å². The highest BCUT2D eigenvalue weighted by atomic mass is 79.9. The quantitative estimate of drug-likeness (QED) is 0.485. The first-order chi connectivity index (χ1) is 15.3. The Hall–Kier alpha value is -3.18. The van der Waals surface area contributed by atoms with E-state index in [4.69, 9.17) is 4.74 Å². The summed E-state index contributed by atoms with van der Waals surface area (Å²) in [6.45, 7) is -0.514. The van der Waals surface area contributed by atoms with Crippen molar-refractivity contribution in [3.05, 3.63) is 66.0 Å². The van der Waals surface area contributed by atoms with Gasteiger partial charge in [0.25, 0.3) is 5.91 Å². The van der Waals surface area contributed by atoms with E-state index in [1.165, 1.54) is 18.2 Å². The summed E-state index contributed by atoms with van der Waals surface area (Å²) >= 11 is 3.06. The standard InChI is InChI=1S/C21H17BrFN3O5S/c22-10-18(27)24-15-6-7-16-14(8-15)9-17(31-12-13-4-2-1-3-5-13)21(20(16)23)26-11-19(28)25-32(26,29)30/h1-9H,10-12H2,(H,24,27)(H,25,28). The van der Waals surface area contributed by atoms with Gasteiger partial charge in [0.05, 0.1) is 5.33 Å². The lowest BCUT2D eigenvalue weighted by Crippen LogP contribution is -2.30. The summed E-state index contributed by atoms with van der Waals surface area (Å²) in [6.07, 6.45) is 0. The largest absolute Gasteiger partial charge is 0.487 e. The molecule has 1 heterocycles. The van der Waals surface area contributed by atoms with Crippen LogP contribution in [0.25, 0.3) is 10.8 Å². The third-order valence-electron chi connectivity index (χ3n) is 4.73. The zero-order valence-electron chi connectivity index (χ0n) is 16.5. The molecule has 2 amide bonds. The predicted molar refractivity (Wildman–Crippen MR) is 122 cm³/mol. The van der Waals surface area contributed by atoms with E-state index in [2.05, 4.69) is 21.2 Å². The van der Waals surface area contributed by atoms with E-state index in [0.717, 1.165) is 5.56 Å². The van der Waals surface area contributed by atoms with Crippen molar-refractivity contribution < 1.29 is 27.1 Å². The van der Waals surface area contributed by atoms with Crippen LogP contribution in [0.1, 0.15) is 5.56 Å². The fourth-order valence-corrected chi connectivity index (χ4v) is 4.62. The van der Waals surface area contributed by atoms with Crippen LogP contribution < -0.4 is 19.1 Å². The molecule has 0 unspecified atom stereocenters. The molecule has 0 saturated carbocycles. The molecule has 0 aromatic heterocycles. The SMILES string of the molecule is O=C(CBr)Nc1ccc2c(F)c(N3CC(=O)NS3(=O)=O)c(OCc3ccccc3)cc2c1. The monoisotopic (exact) mass is 521 g/mol. The van der Waals surface area contributed by atoms with Gasteiger partial charge >= 0.3 is 10.2 Å². The molecule has 0 spiro atoms. The van der Waals surface area contributed by atoms with Gasteiger partial charge in [-0.25, -0.2) is 13.4 Å². The Balaban J connectivity index is 1.83. The minimum Gasteiger partial charge on any atom is -0.487 e. The van der Waals surface area contributed by atoms with E-state index in [-0.39, 0.29) is 34.7 Å². The zero-order valence-corrected chi connectivity index (χ0v) is 18.9. The molecular formula is C21H17BrFN3O5S. The van der Waals surface area contributed by atoms with Crippen LogP contribution in [0.3, 0.4) is 0 Å². The van der Waals surface area contributed by atoms with Crippen LogP contribution in [0.15, 0.2) is 54.6 Å². The highest BCUT2D eigenvalue weighted by Crippen LogP contribution is 2.40. The number of nitrogens with zero attached hydrogens (tertiary/aromatic N) is 1. The second-order valence-corrected chi connectivity index (χ2v) is 9.12. The third kappa shape index (κ3) is 4.39. The molecule has 1 aliphatic rings. The Labute approximate surface area is 191 Å². The summed E-state index contributed by atoms with van der Waals surface area (Å²) in [5.74, 6) is -1.96. The number of alkyl halides is 1. The fourth-order valence-electron chi connectivity index (χ4n) is 3.32. The van der Waals surface area contributed by atoms with Crippen LogP contribution in [-0.4, -0.2) is 32.1 Å². The van der Waals surface area contributed by atoms with Crippen molar-refractivity contribution >= 4 is 60.1 Å². The number of fused-ring (bicyclic) bond motifs is 1. The van der Waals surface area contributed by atoms with Crippen LogP contribution in [-0.2, 0) is 26.4 Å². The zero-order chi connectivity index (χ0) is 22.9. The number of nitrogens with one attached hydrogen (secondary N) is 2. The van der Waals surface area contributed by atoms with Gasteiger partial charge in [-0.2, -0.15) is 8.42 Å². The van der Waals surface area contributed by atoms with E-state index in [0.29, 0.717) is 15.4 Å². The lowest BCUT2D eigenvalue weighted by molar-refractivity contribution is -0.117. The lowest BCUT2D eigenvalue weighted by atomic mass is 10.1. The molecule has 1 fully saturated rings. The summed E-state index contributed by atoms with van der Waals surface area (Å²) in [4.78, 5) is 23.4. The number of anilines is 2. The molecule has 3 aromatic rings. The molecular weight excluding hydrogens is 505 g/mol. The van der Waals surface area contributed by atoms with Crippen molar-refractivity contribution in [2.24, 2.45) is 0 Å². The Morgan fingerprint density at radius 2 is 1.94 bits per heavy atom. The molecule has 0 bridgehead atoms. The Morgan fingerprint density at radius 3 is 2.59 bits per heavy atom. The third-order valence-corrected chi connectivity index (χ3v) is 6.61. The van der Waals surface area contributed by atoms with Crippen molar-refractivity contribution in [3.8, 4) is 5.75 Å². The number of halogens is 2. The molecule has 2 N–H and O–H groups in total. The number of carbonyl (C=O) groups excluding carboxylic acids is 2. The van der Waals surface area contributed by atoms with Gasteiger partial charge in [0, 0.05) is 11.1 Å². The number of benzene rings is 3. The number of hydrogen-bond acceptors (Lipinski definition) is 5. The molecule has 32 heavy (non-hydrogen) atoms. The topological polar surface area (TPSA) is 105 Å². The van der Waals surface area contributed by atoms with E-state index in [1.807, 2.05) is 35.1 Å². The van der Waals surface area contributed by atoms with Gasteiger partial charge in [0.2, 0.25) is 5.91 Å². The highest BCUT2D eigenvalue weighted by molar-refractivity contribution is 9.09. The van der Waals surface area contributed by atoms with Gasteiger partial charge in [-0.15, -0.1) is 0 Å². The Kier molecular flexibility index (Phi) is 6.02. The molecule has 0 radical (unpaired) electrons. The highest BCUT2D eigenvalue weighted by Gasteiger charge is 2.38. The molecule has 1 aliphatic heterocycles. The minimum absolute atomic E-state index is 0.0497. The molecule has 0 aliphatic carbocycles. The van der Waals surface area contributed by atoms with Crippen molar-refractivity contribution in [3.63, 3.8) is 0 Å². The number of carbonyl (C=O) groups is 2. The van der Waals surface area contributed by atoms with Crippen LogP contribution in [0.5, 0.6) is 5.75 Å². The van der Waals surface area contributed by atoms with Crippen molar-refractivity contribution in [1.29, 1.82) is 0 Å². The first-order valence-corrected chi connectivity index (χ1v) is 12.0. The smallest absolute Gasteiger partial charge is 0.326 e. The normalized spacial score (nSPS) is 14.9. The van der Waals surface area contributed by atoms with Gasteiger partial charge in [-0.3, -0.25) is 9.59 Å². The molecule has 3 aromatic carbocycles. The van der Waals surface area contributed by atoms with Gasteiger partial charge < -0.3 is 10.1 Å². The van der Waals surface area contributed by atoms with Crippen LogP contribution >= 0.6 is 15.9 Å². The molecule has 8 nitrogen and oxygen atoms in total. The molecule has 1 saturated heterocycles.